The summed E-state index contributed by atoms with van der Waals surface area (Å²) in [5.74, 6) is -2.17. The number of amides is 4. The number of rotatable bonds is 6. The van der Waals surface area contributed by atoms with Crippen molar-refractivity contribution in [2.75, 3.05) is 23.7 Å². The van der Waals surface area contributed by atoms with Crippen molar-refractivity contribution in [2.24, 2.45) is 0 Å². The van der Waals surface area contributed by atoms with Crippen molar-refractivity contribution in [1.82, 2.24) is 9.80 Å². The quantitative estimate of drug-likeness (QED) is 0.237. The smallest absolute Gasteiger partial charge is 0.268 e. The van der Waals surface area contributed by atoms with E-state index in [0.29, 0.717) is 11.4 Å². The van der Waals surface area contributed by atoms with E-state index in [0.717, 1.165) is 33.3 Å². The van der Waals surface area contributed by atoms with Gasteiger partial charge >= 0.3 is 0 Å². The standard InChI is InChI=1S/C22H16N4O6S4/c27-13-5-1-11(2-6-13)23-15(29)9-25-19(31)17(35-21(25)33)18-20(32)26(22(34)36-18)10-16(30)24-12-3-7-14(28)8-4-12/h1-8,27-28H,9-10H2,(H,23,29)(H,24,30). The molecule has 0 bridgehead atoms. The lowest BCUT2D eigenvalue weighted by Crippen LogP contribution is -2.37. The molecule has 10 nitrogen and oxygen atoms in total. The Hall–Kier alpha value is -3.46. The molecule has 4 amide bonds. The van der Waals surface area contributed by atoms with Crippen molar-refractivity contribution in [2.45, 2.75) is 0 Å². The number of hydrogen-bond acceptors (Lipinski definition) is 10. The number of benzene rings is 2. The first-order valence-corrected chi connectivity index (χ1v) is 12.6. The Bertz CT molecular complexity index is 1230. The first-order chi connectivity index (χ1) is 17.1. The molecule has 0 saturated carbocycles. The van der Waals surface area contributed by atoms with Crippen LogP contribution in [0.25, 0.3) is 0 Å². The van der Waals surface area contributed by atoms with Crippen molar-refractivity contribution in [1.29, 1.82) is 0 Å². The molecule has 2 aromatic carbocycles. The number of nitrogens with zero attached hydrogens (tertiary/aromatic N) is 2. The van der Waals surface area contributed by atoms with Gasteiger partial charge in [-0.15, -0.1) is 0 Å². The molecule has 184 valence electrons. The minimum atomic E-state index is -0.611. The van der Waals surface area contributed by atoms with Crippen molar-refractivity contribution in [3.8, 4) is 11.5 Å². The topological polar surface area (TPSA) is 139 Å². The second kappa shape index (κ2) is 10.7. The number of carbonyl (C=O) groups is 4. The fraction of sp³-hybridized carbons (Fsp3) is 0.0909. The van der Waals surface area contributed by atoms with Gasteiger partial charge < -0.3 is 20.8 Å². The minimum Gasteiger partial charge on any atom is -0.508 e. The average molecular weight is 561 g/mol. The second-order valence-electron chi connectivity index (χ2n) is 7.37. The molecular formula is C22H16N4O6S4. The lowest BCUT2D eigenvalue weighted by molar-refractivity contribution is -0.127. The molecule has 2 fully saturated rings. The van der Waals surface area contributed by atoms with Gasteiger partial charge in [0.2, 0.25) is 11.8 Å². The molecule has 0 spiro atoms. The van der Waals surface area contributed by atoms with E-state index in [9.17, 15) is 29.4 Å². The number of phenolic OH excluding ortho intramolecular Hbond substituents is 2. The van der Waals surface area contributed by atoms with E-state index in [1.165, 1.54) is 48.5 Å². The van der Waals surface area contributed by atoms with Gasteiger partial charge in [0, 0.05) is 11.4 Å². The number of carbonyl (C=O) groups excluding carboxylic acids is 4. The lowest BCUT2D eigenvalue weighted by Gasteiger charge is -2.14. The molecule has 0 radical (unpaired) electrons. The Morgan fingerprint density at radius 1 is 0.694 bits per heavy atom. The zero-order valence-electron chi connectivity index (χ0n) is 18.1. The SMILES string of the molecule is O=C(CN1C(=O)C(=C2SC(=S)N(CC(=O)Nc3ccc(O)cc3)C2=O)SC1=S)Nc1ccc(O)cc1. The van der Waals surface area contributed by atoms with E-state index < -0.39 is 23.6 Å². The van der Waals surface area contributed by atoms with Crippen molar-refractivity contribution < 1.29 is 29.4 Å². The molecule has 0 aromatic heterocycles. The summed E-state index contributed by atoms with van der Waals surface area (Å²) in [6.07, 6.45) is 0. The molecule has 2 heterocycles. The summed E-state index contributed by atoms with van der Waals surface area (Å²) in [6, 6.07) is 11.6. The lowest BCUT2D eigenvalue weighted by atomic mass is 10.3. The number of hydrogen-bond donors (Lipinski definition) is 4. The molecule has 2 aliphatic heterocycles. The van der Waals surface area contributed by atoms with Crippen LogP contribution in [0.5, 0.6) is 11.5 Å². The van der Waals surface area contributed by atoms with E-state index in [1.807, 2.05) is 0 Å². The summed E-state index contributed by atoms with van der Waals surface area (Å²) >= 11 is 12.3. The molecular weight excluding hydrogens is 545 g/mol. The number of nitrogens with one attached hydrogen (secondary N) is 2. The largest absolute Gasteiger partial charge is 0.508 e. The molecule has 0 unspecified atom stereocenters. The average Bonchev–Trinajstić information content (AvgIpc) is 3.26. The van der Waals surface area contributed by atoms with E-state index in [1.54, 1.807) is 0 Å². The third-order valence-electron chi connectivity index (χ3n) is 4.81. The fourth-order valence-electron chi connectivity index (χ4n) is 3.12. The highest BCUT2D eigenvalue weighted by Crippen LogP contribution is 2.42. The maximum atomic E-state index is 13.0. The van der Waals surface area contributed by atoms with Crippen LogP contribution in [0.4, 0.5) is 11.4 Å². The fourth-order valence-corrected chi connectivity index (χ4v) is 5.79. The van der Waals surface area contributed by atoms with Crippen LogP contribution >= 0.6 is 48.0 Å². The Balaban J connectivity index is 1.42. The highest BCUT2D eigenvalue weighted by molar-refractivity contribution is 8.29. The molecule has 2 saturated heterocycles. The summed E-state index contributed by atoms with van der Waals surface area (Å²) in [5, 5.41) is 23.9. The normalized spacial score (nSPS) is 17.7. The van der Waals surface area contributed by atoms with Gasteiger partial charge in [-0.05, 0) is 48.5 Å². The number of phenols is 2. The summed E-state index contributed by atoms with van der Waals surface area (Å²) < 4.78 is 0.206. The summed E-state index contributed by atoms with van der Waals surface area (Å²) in [5.41, 5.74) is 0.851. The number of thioether (sulfide) groups is 2. The maximum absolute atomic E-state index is 13.0. The summed E-state index contributed by atoms with van der Waals surface area (Å²) in [6.45, 7) is -0.741. The second-order valence-corrected chi connectivity index (χ2v) is 10.7. The molecule has 0 aliphatic carbocycles. The minimum absolute atomic E-state index is 0.0382. The van der Waals surface area contributed by atoms with E-state index in [4.69, 9.17) is 24.4 Å². The van der Waals surface area contributed by atoms with Gasteiger partial charge in [-0.25, -0.2) is 0 Å². The van der Waals surface area contributed by atoms with Crippen LogP contribution in [0.2, 0.25) is 0 Å². The Morgan fingerprint density at radius 2 is 1.03 bits per heavy atom. The van der Waals surface area contributed by atoms with Gasteiger partial charge in [0.1, 0.15) is 33.2 Å². The molecule has 2 aliphatic rings. The van der Waals surface area contributed by atoms with Gasteiger partial charge in [0.05, 0.1) is 9.81 Å². The Morgan fingerprint density at radius 3 is 1.36 bits per heavy atom. The van der Waals surface area contributed by atoms with Gasteiger partial charge in [0.15, 0.2) is 0 Å². The van der Waals surface area contributed by atoms with Crippen LogP contribution in [-0.2, 0) is 19.2 Å². The van der Waals surface area contributed by atoms with Crippen molar-refractivity contribution in [3.05, 3.63) is 58.3 Å². The monoisotopic (exact) mass is 560 g/mol. The first kappa shape index (κ1) is 25.6. The van der Waals surface area contributed by atoms with Crippen LogP contribution in [0, 0.1) is 0 Å². The first-order valence-electron chi connectivity index (χ1n) is 10.1. The molecule has 4 rings (SSSR count). The number of anilines is 2. The zero-order valence-corrected chi connectivity index (χ0v) is 21.4. The van der Waals surface area contributed by atoms with Crippen LogP contribution in [0.1, 0.15) is 0 Å². The number of thiocarbonyl (C=S) groups is 2. The van der Waals surface area contributed by atoms with E-state index in [2.05, 4.69) is 10.6 Å². The van der Waals surface area contributed by atoms with Crippen LogP contribution in [-0.4, -0.2) is 65.4 Å². The molecule has 2 aromatic rings. The van der Waals surface area contributed by atoms with Crippen molar-refractivity contribution >= 4 is 91.6 Å². The molecule has 14 heteroatoms. The molecule has 0 atom stereocenters. The third kappa shape index (κ3) is 5.67. The van der Waals surface area contributed by atoms with Crippen LogP contribution in [0.15, 0.2) is 58.3 Å². The summed E-state index contributed by atoms with van der Waals surface area (Å²) in [4.78, 5) is 53.1. The Kier molecular flexibility index (Phi) is 7.59. The highest BCUT2D eigenvalue weighted by Gasteiger charge is 2.43. The van der Waals surface area contributed by atoms with Crippen LogP contribution in [0.3, 0.4) is 0 Å². The van der Waals surface area contributed by atoms with Crippen LogP contribution < -0.4 is 10.6 Å². The van der Waals surface area contributed by atoms with E-state index in [-0.39, 0.29) is 43.0 Å². The predicted molar refractivity (Wildman–Crippen MR) is 144 cm³/mol. The maximum Gasteiger partial charge on any atom is 0.268 e. The van der Waals surface area contributed by atoms with Gasteiger partial charge in [0.25, 0.3) is 11.8 Å². The third-order valence-corrected chi connectivity index (χ3v) is 7.84. The number of aromatic hydroxyl groups is 2. The van der Waals surface area contributed by atoms with Gasteiger partial charge in [-0.2, -0.15) is 0 Å². The molecule has 36 heavy (non-hydrogen) atoms. The van der Waals surface area contributed by atoms with E-state index >= 15 is 0 Å². The van der Waals surface area contributed by atoms with Gasteiger partial charge in [-0.1, -0.05) is 48.0 Å². The highest BCUT2D eigenvalue weighted by atomic mass is 32.2. The van der Waals surface area contributed by atoms with Crippen molar-refractivity contribution in [3.63, 3.8) is 0 Å². The Labute approximate surface area is 223 Å². The molecule has 4 N–H and O–H groups in total. The predicted octanol–water partition coefficient (Wildman–Crippen LogP) is 2.61. The van der Waals surface area contributed by atoms with Gasteiger partial charge in [-0.3, -0.25) is 29.0 Å². The summed E-state index contributed by atoms with van der Waals surface area (Å²) in [7, 11) is 0. The zero-order chi connectivity index (χ0) is 26.0.